The summed E-state index contributed by atoms with van der Waals surface area (Å²) in [4.78, 5) is 72.1. The van der Waals surface area contributed by atoms with Gasteiger partial charge < -0.3 is 49.2 Å². The summed E-state index contributed by atoms with van der Waals surface area (Å²) in [5.74, 6) is 0.639. The summed E-state index contributed by atoms with van der Waals surface area (Å²) in [5, 5.41) is 5.84. The smallest absolute Gasteiger partial charge is 0.407 e. The molecule has 3 aromatic heterocycles. The van der Waals surface area contributed by atoms with Gasteiger partial charge in [-0.15, -0.1) is 0 Å². The van der Waals surface area contributed by atoms with Crippen molar-refractivity contribution in [3.05, 3.63) is 66.3 Å². The van der Waals surface area contributed by atoms with Crippen LogP contribution in [0.3, 0.4) is 0 Å². The van der Waals surface area contributed by atoms with Crippen LogP contribution in [0.15, 0.2) is 48.8 Å². The van der Waals surface area contributed by atoms with Gasteiger partial charge in [0.1, 0.15) is 29.5 Å². The van der Waals surface area contributed by atoms with Gasteiger partial charge in [0.2, 0.25) is 11.8 Å². The number of halogens is 1. The molecule has 4 amide bonds. The molecule has 0 spiro atoms. The summed E-state index contributed by atoms with van der Waals surface area (Å²) in [6.45, 7) is 17.0. The van der Waals surface area contributed by atoms with E-state index < -0.39 is 24.3 Å². The number of ether oxygens (including phenoxy) is 3. The highest BCUT2D eigenvalue weighted by atomic mass is 19.1. The molecule has 16 nitrogen and oxygen atoms in total. The molecule has 0 aliphatic carbocycles. The zero-order chi connectivity index (χ0) is 46.0. The van der Waals surface area contributed by atoms with E-state index in [2.05, 4.69) is 48.3 Å². The molecular weight excluding hydrogens is 822 g/mol. The van der Waals surface area contributed by atoms with E-state index in [0.29, 0.717) is 76.9 Å². The number of carbonyl (C=O) groups excluding carboxylic acids is 4. The van der Waals surface area contributed by atoms with Crippen molar-refractivity contribution in [2.24, 2.45) is 22.7 Å². The van der Waals surface area contributed by atoms with Crippen molar-refractivity contribution in [2.45, 2.75) is 99.1 Å². The second-order valence-corrected chi connectivity index (χ2v) is 19.6. The van der Waals surface area contributed by atoms with Gasteiger partial charge in [-0.1, -0.05) is 67.5 Å². The largest absolute Gasteiger partial charge is 0.472 e. The maximum absolute atomic E-state index is 16.7. The van der Waals surface area contributed by atoms with E-state index in [9.17, 15) is 19.2 Å². The molecule has 0 saturated carbocycles. The molecular formula is C47H58FN9O7. The summed E-state index contributed by atoms with van der Waals surface area (Å²) in [5.41, 5.74) is 4.22. The van der Waals surface area contributed by atoms with Gasteiger partial charge in [-0.3, -0.25) is 9.59 Å². The number of aromatic nitrogens is 5. The minimum Gasteiger partial charge on any atom is -0.472 e. The number of nitrogens with one attached hydrogen (secondary N) is 4. The number of methoxy groups -OCH3 is 2. The van der Waals surface area contributed by atoms with Crippen LogP contribution >= 0.6 is 0 Å². The lowest BCUT2D eigenvalue weighted by atomic mass is 9.90. The van der Waals surface area contributed by atoms with Crippen LogP contribution in [0.2, 0.25) is 0 Å². The first-order valence-electron chi connectivity index (χ1n) is 21.8. The maximum Gasteiger partial charge on any atom is 0.407 e. The minimum absolute atomic E-state index is 0.0996. The van der Waals surface area contributed by atoms with E-state index in [-0.39, 0.29) is 59.1 Å². The molecule has 2 aromatic carbocycles. The SMILES string of the molecule is COC(=O)N[C@H](C(=O)N1CC(C)(C)C[C@H]1c1ncc(-c2ccc3c(c2)OCn2c-3c(F)c3cc(-c4cnc([C@@H]5CC(C)(C)CN5C(=O)[C@@H](NC(=O)OC)C(C)C)[nH]4)ccc32)[nH]1)C(C)C. The second kappa shape index (κ2) is 16.6. The Morgan fingerprint density at radius 1 is 0.766 bits per heavy atom. The van der Waals surface area contributed by atoms with Gasteiger partial charge in [0.05, 0.1) is 61.3 Å². The highest BCUT2D eigenvalue weighted by Gasteiger charge is 2.46. The Morgan fingerprint density at radius 3 is 1.73 bits per heavy atom. The lowest BCUT2D eigenvalue weighted by Crippen LogP contribution is -2.51. The van der Waals surface area contributed by atoms with Crippen molar-refractivity contribution in [2.75, 3.05) is 27.3 Å². The average molecular weight is 880 g/mol. The molecule has 4 N–H and O–H groups in total. The summed E-state index contributed by atoms with van der Waals surface area (Å²) in [6, 6.07) is 8.96. The third-order valence-corrected chi connectivity index (χ3v) is 12.8. The van der Waals surface area contributed by atoms with E-state index in [0.717, 1.165) is 11.1 Å². The van der Waals surface area contributed by atoms with E-state index >= 15 is 4.39 Å². The number of alkyl carbamates (subject to hydrolysis) is 2. The van der Waals surface area contributed by atoms with Gasteiger partial charge in [-0.2, -0.15) is 0 Å². The molecule has 0 unspecified atom stereocenters. The Bertz CT molecular complexity index is 2630. The highest BCUT2D eigenvalue weighted by Crippen LogP contribution is 2.46. The number of hydrogen-bond donors (Lipinski definition) is 4. The number of amides is 4. The zero-order valence-electron chi connectivity index (χ0n) is 38.1. The summed E-state index contributed by atoms with van der Waals surface area (Å²) in [6.07, 6.45) is 3.44. The van der Waals surface area contributed by atoms with Crippen LogP contribution in [0.25, 0.3) is 44.7 Å². The lowest BCUT2D eigenvalue weighted by Gasteiger charge is -2.30. The van der Waals surface area contributed by atoms with Gasteiger partial charge in [0.15, 0.2) is 12.5 Å². The van der Waals surface area contributed by atoms with Crippen LogP contribution < -0.4 is 15.4 Å². The Balaban J connectivity index is 1.04. The van der Waals surface area contributed by atoms with Gasteiger partial charge in [-0.25, -0.2) is 23.9 Å². The third kappa shape index (κ3) is 8.15. The number of benzene rings is 2. The number of aromatic amines is 2. The van der Waals surface area contributed by atoms with Crippen LogP contribution in [-0.2, 0) is 25.8 Å². The zero-order valence-corrected chi connectivity index (χ0v) is 38.1. The molecule has 340 valence electrons. The fourth-order valence-electron chi connectivity index (χ4n) is 9.57. The van der Waals surface area contributed by atoms with Crippen molar-refractivity contribution in [1.29, 1.82) is 0 Å². The molecule has 2 saturated heterocycles. The lowest BCUT2D eigenvalue weighted by molar-refractivity contribution is -0.136. The number of likely N-dealkylation sites (tertiary alicyclic amines) is 2. The molecule has 6 heterocycles. The normalized spacial score (nSPS) is 19.6. The summed E-state index contributed by atoms with van der Waals surface area (Å²) < 4.78 is 34.4. The van der Waals surface area contributed by atoms with Crippen LogP contribution in [0.1, 0.15) is 92.0 Å². The number of imidazole rings is 2. The molecule has 8 rings (SSSR count). The Kier molecular flexibility index (Phi) is 11.5. The molecule has 0 radical (unpaired) electrons. The van der Waals surface area contributed by atoms with Gasteiger partial charge in [0, 0.05) is 35.2 Å². The molecule has 2 fully saturated rings. The second-order valence-electron chi connectivity index (χ2n) is 19.6. The predicted octanol–water partition coefficient (Wildman–Crippen LogP) is 7.94. The number of nitrogens with zero attached hydrogens (tertiary/aromatic N) is 5. The molecule has 64 heavy (non-hydrogen) atoms. The fraction of sp³-hybridized carbons (Fsp3) is 0.489. The van der Waals surface area contributed by atoms with Crippen molar-refractivity contribution in [3.63, 3.8) is 0 Å². The number of rotatable bonds is 10. The molecule has 17 heteroatoms. The first-order chi connectivity index (χ1) is 30.3. The van der Waals surface area contributed by atoms with Crippen LogP contribution in [0.5, 0.6) is 5.75 Å². The first kappa shape index (κ1) is 44.2. The maximum atomic E-state index is 16.7. The van der Waals surface area contributed by atoms with Crippen LogP contribution in [0, 0.1) is 28.5 Å². The molecule has 3 aliphatic rings. The third-order valence-electron chi connectivity index (χ3n) is 12.8. The minimum atomic E-state index is -0.772. The molecule has 0 bridgehead atoms. The monoisotopic (exact) mass is 879 g/mol. The van der Waals surface area contributed by atoms with E-state index in [1.807, 2.05) is 62.6 Å². The topological polar surface area (TPSA) is 189 Å². The predicted molar refractivity (Wildman–Crippen MR) is 237 cm³/mol. The van der Waals surface area contributed by atoms with Gasteiger partial charge in [-0.05, 0) is 59.8 Å². The summed E-state index contributed by atoms with van der Waals surface area (Å²) in [7, 11) is 2.55. The highest BCUT2D eigenvalue weighted by molar-refractivity contribution is 5.93. The fourth-order valence-corrected chi connectivity index (χ4v) is 9.57. The quantitative estimate of drug-likeness (QED) is 0.108. The van der Waals surface area contributed by atoms with E-state index in [4.69, 9.17) is 24.2 Å². The van der Waals surface area contributed by atoms with Crippen LogP contribution in [-0.4, -0.2) is 97.7 Å². The first-order valence-corrected chi connectivity index (χ1v) is 21.8. The molecule has 4 atom stereocenters. The van der Waals surface area contributed by atoms with Crippen molar-refractivity contribution < 1.29 is 37.8 Å². The number of hydrogen-bond acceptors (Lipinski definition) is 9. The number of carbonyl (C=O) groups is 4. The van der Waals surface area contributed by atoms with Crippen molar-refractivity contribution in [1.82, 2.24) is 44.9 Å². The Labute approximate surface area is 371 Å². The van der Waals surface area contributed by atoms with E-state index in [1.165, 1.54) is 14.2 Å². The number of fused-ring (bicyclic) bond motifs is 5. The molecule has 5 aromatic rings. The Hall–Kier alpha value is -6.39. The average Bonchev–Trinajstić information content (AvgIpc) is 4.10. The van der Waals surface area contributed by atoms with Gasteiger partial charge in [0.25, 0.3) is 0 Å². The summed E-state index contributed by atoms with van der Waals surface area (Å²) >= 11 is 0. The number of H-pyrrole nitrogens is 2. The molecule has 3 aliphatic heterocycles. The standard InChI is InChI=1S/C47H58FN9O7/c1-24(2)37(53-44(60)62-9)42(58)55-21-46(5,6)17-33(55)40-49-19-30(51-40)26-12-14-32-29(15-26)36(48)39-28-13-11-27(16-35(28)64-23-57(32)39)31-20-50-41(52-31)34-18-47(7,8)22-56(34)43(59)38(25(3)4)54-45(61)63-10/h11-16,19-20,24-25,33-34,37-38H,17-18,21-23H2,1-10H3,(H,49,51)(H,50,52)(H,53,60)(H,54,61)/t33-,34-,37-,38-/m0/s1. The van der Waals surface area contributed by atoms with Gasteiger partial charge >= 0.3 is 12.2 Å². The van der Waals surface area contributed by atoms with E-state index in [1.54, 1.807) is 28.3 Å². The Morgan fingerprint density at radius 2 is 1.25 bits per heavy atom. The van der Waals surface area contributed by atoms with Crippen molar-refractivity contribution >= 4 is 34.9 Å². The van der Waals surface area contributed by atoms with Crippen LogP contribution in [0.4, 0.5) is 14.0 Å². The van der Waals surface area contributed by atoms with Crippen molar-refractivity contribution in [3.8, 4) is 39.5 Å².